The number of pyridine rings is 1. The van der Waals surface area contributed by atoms with E-state index in [9.17, 15) is 0 Å². The Morgan fingerprint density at radius 1 is 1.44 bits per heavy atom. The normalized spacial score (nSPS) is 12.4. The number of halogens is 1. The molecule has 1 rings (SSSR count). The van der Waals surface area contributed by atoms with Gasteiger partial charge in [-0.25, -0.2) is 4.98 Å². The largest absolute Gasteiger partial charge is 0.476 e. The van der Waals surface area contributed by atoms with Crippen molar-refractivity contribution in [2.45, 2.75) is 46.1 Å². The third-order valence-electron chi connectivity index (χ3n) is 3.05. The number of rotatable bonds is 8. The maximum atomic E-state index is 8.97. The van der Waals surface area contributed by atoms with Gasteiger partial charge in [-0.05, 0) is 24.0 Å². The van der Waals surface area contributed by atoms with Gasteiger partial charge >= 0.3 is 0 Å². The van der Waals surface area contributed by atoms with Crippen LogP contribution in [-0.4, -0.2) is 16.7 Å². The predicted molar refractivity (Wildman–Crippen MR) is 74.0 cm³/mol. The van der Waals surface area contributed by atoms with Crippen molar-refractivity contribution in [2.24, 2.45) is 5.92 Å². The van der Waals surface area contributed by atoms with Gasteiger partial charge in [-0.15, -0.1) is 0 Å². The van der Waals surface area contributed by atoms with Gasteiger partial charge in [-0.3, -0.25) is 0 Å². The number of hydrogen-bond acceptors (Lipinski definition) is 3. The molecule has 0 aliphatic carbocycles. The molecule has 1 N–H and O–H groups in total. The van der Waals surface area contributed by atoms with Gasteiger partial charge in [0.2, 0.25) is 5.88 Å². The van der Waals surface area contributed by atoms with Crippen LogP contribution in [0.5, 0.6) is 5.88 Å². The molecule has 0 aliphatic rings. The molecular weight excluding hydrogens is 250 g/mol. The lowest BCUT2D eigenvalue weighted by atomic mass is 10.0. The second-order valence-corrected chi connectivity index (χ2v) is 4.92. The molecule has 0 bridgehead atoms. The number of aliphatic hydroxyl groups is 1. The van der Waals surface area contributed by atoms with E-state index in [2.05, 4.69) is 18.8 Å². The van der Waals surface area contributed by atoms with Crippen molar-refractivity contribution >= 4 is 11.6 Å². The van der Waals surface area contributed by atoms with Crippen LogP contribution in [-0.2, 0) is 6.61 Å². The topological polar surface area (TPSA) is 42.4 Å². The second kappa shape index (κ2) is 8.33. The maximum Gasteiger partial charge on any atom is 0.232 e. The van der Waals surface area contributed by atoms with Crippen molar-refractivity contribution < 1.29 is 9.84 Å². The maximum absolute atomic E-state index is 8.97. The number of ether oxygens (including phenoxy) is 1. The third kappa shape index (κ3) is 4.83. The van der Waals surface area contributed by atoms with Gasteiger partial charge in [0, 0.05) is 6.20 Å². The molecule has 0 aromatic carbocycles. The van der Waals surface area contributed by atoms with E-state index in [1.165, 1.54) is 19.3 Å². The van der Waals surface area contributed by atoms with Gasteiger partial charge in [0.25, 0.3) is 0 Å². The van der Waals surface area contributed by atoms with Crippen LogP contribution in [0, 0.1) is 5.92 Å². The average molecular weight is 272 g/mol. The monoisotopic (exact) mass is 271 g/mol. The molecule has 0 radical (unpaired) electrons. The van der Waals surface area contributed by atoms with E-state index in [1.54, 1.807) is 12.3 Å². The molecule has 4 heteroatoms. The second-order valence-electron chi connectivity index (χ2n) is 4.52. The first-order valence-corrected chi connectivity index (χ1v) is 6.97. The summed E-state index contributed by atoms with van der Waals surface area (Å²) < 4.78 is 5.66. The minimum Gasteiger partial charge on any atom is -0.476 e. The van der Waals surface area contributed by atoms with Gasteiger partial charge in [-0.2, -0.15) is 0 Å². The highest BCUT2D eigenvalue weighted by molar-refractivity contribution is 6.31. The summed E-state index contributed by atoms with van der Waals surface area (Å²) in [6, 6.07) is 1.69. The van der Waals surface area contributed by atoms with Crippen LogP contribution >= 0.6 is 11.6 Å². The smallest absolute Gasteiger partial charge is 0.232 e. The Morgan fingerprint density at radius 2 is 2.22 bits per heavy atom. The van der Waals surface area contributed by atoms with E-state index in [-0.39, 0.29) is 6.61 Å². The molecule has 1 unspecified atom stereocenters. The van der Waals surface area contributed by atoms with Crippen molar-refractivity contribution in [3.8, 4) is 5.88 Å². The van der Waals surface area contributed by atoms with Gasteiger partial charge < -0.3 is 9.84 Å². The number of nitrogens with zero attached hydrogens (tertiary/aromatic N) is 1. The van der Waals surface area contributed by atoms with Crippen molar-refractivity contribution in [2.75, 3.05) is 6.61 Å². The summed E-state index contributed by atoms with van der Waals surface area (Å²) in [5.41, 5.74) is 0.699. The van der Waals surface area contributed by atoms with E-state index in [0.29, 0.717) is 29.0 Å². The van der Waals surface area contributed by atoms with E-state index < -0.39 is 0 Å². The number of aromatic nitrogens is 1. The van der Waals surface area contributed by atoms with Crippen LogP contribution in [0.4, 0.5) is 0 Å². The first-order valence-electron chi connectivity index (χ1n) is 6.59. The highest BCUT2D eigenvalue weighted by atomic mass is 35.5. The van der Waals surface area contributed by atoms with Crippen molar-refractivity contribution in [1.29, 1.82) is 0 Å². The Kier molecular flexibility index (Phi) is 7.06. The molecule has 0 amide bonds. The fourth-order valence-corrected chi connectivity index (χ4v) is 2.00. The standard InChI is InChI=1S/C14H22ClNO2/c1-3-5-6-11(4-2)10-18-14-13(15)7-12(9-17)8-16-14/h7-8,11,17H,3-6,9-10H2,1-2H3. The van der Waals surface area contributed by atoms with E-state index in [0.717, 1.165) is 6.42 Å². The summed E-state index contributed by atoms with van der Waals surface area (Å²) in [7, 11) is 0. The lowest BCUT2D eigenvalue weighted by Crippen LogP contribution is -2.12. The number of unbranched alkanes of at least 4 members (excludes halogenated alkanes) is 1. The SMILES string of the molecule is CCCCC(CC)COc1ncc(CO)cc1Cl. The number of aliphatic hydroxyl groups excluding tert-OH is 1. The molecule has 18 heavy (non-hydrogen) atoms. The van der Waals surface area contributed by atoms with Gasteiger partial charge in [-0.1, -0.05) is 44.7 Å². The van der Waals surface area contributed by atoms with Crippen LogP contribution in [0.25, 0.3) is 0 Å². The fraction of sp³-hybridized carbons (Fsp3) is 0.643. The van der Waals surface area contributed by atoms with Crippen LogP contribution in [0.1, 0.15) is 45.1 Å². The molecule has 0 saturated heterocycles. The Hall–Kier alpha value is -0.800. The lowest BCUT2D eigenvalue weighted by Gasteiger charge is -2.15. The van der Waals surface area contributed by atoms with Gasteiger partial charge in [0.15, 0.2) is 0 Å². The summed E-state index contributed by atoms with van der Waals surface area (Å²) in [5, 5.41) is 9.43. The average Bonchev–Trinajstić information content (AvgIpc) is 2.40. The fourth-order valence-electron chi connectivity index (χ4n) is 1.75. The van der Waals surface area contributed by atoms with Crippen LogP contribution < -0.4 is 4.74 Å². The highest BCUT2D eigenvalue weighted by Crippen LogP contribution is 2.24. The molecule has 102 valence electrons. The summed E-state index contributed by atoms with van der Waals surface area (Å²) in [5.74, 6) is 1.02. The van der Waals surface area contributed by atoms with E-state index in [1.807, 2.05) is 0 Å². The van der Waals surface area contributed by atoms with E-state index in [4.69, 9.17) is 21.4 Å². The zero-order chi connectivity index (χ0) is 13.4. The molecular formula is C14H22ClNO2. The van der Waals surface area contributed by atoms with Crippen LogP contribution in [0.15, 0.2) is 12.3 Å². The molecule has 1 aromatic heterocycles. The molecule has 0 aliphatic heterocycles. The molecule has 1 aromatic rings. The Morgan fingerprint density at radius 3 is 2.78 bits per heavy atom. The molecule has 0 saturated carbocycles. The zero-order valence-corrected chi connectivity index (χ0v) is 11.9. The van der Waals surface area contributed by atoms with Crippen LogP contribution in [0.2, 0.25) is 5.02 Å². The van der Waals surface area contributed by atoms with Crippen molar-refractivity contribution in [3.63, 3.8) is 0 Å². The quantitative estimate of drug-likeness (QED) is 0.781. The first kappa shape index (κ1) is 15.3. The molecule has 0 spiro atoms. The van der Waals surface area contributed by atoms with Crippen LogP contribution in [0.3, 0.4) is 0 Å². The summed E-state index contributed by atoms with van der Waals surface area (Å²) >= 11 is 6.04. The molecule has 1 heterocycles. The molecule has 3 nitrogen and oxygen atoms in total. The Balaban J connectivity index is 2.51. The minimum absolute atomic E-state index is 0.0545. The highest BCUT2D eigenvalue weighted by Gasteiger charge is 2.10. The lowest BCUT2D eigenvalue weighted by molar-refractivity contribution is 0.225. The summed E-state index contributed by atoms with van der Waals surface area (Å²) in [6.07, 6.45) is 6.31. The van der Waals surface area contributed by atoms with E-state index >= 15 is 0 Å². The summed E-state index contributed by atoms with van der Waals surface area (Å²) in [4.78, 5) is 4.12. The minimum atomic E-state index is -0.0545. The molecule has 0 fully saturated rings. The third-order valence-corrected chi connectivity index (χ3v) is 3.32. The van der Waals surface area contributed by atoms with Gasteiger partial charge in [0.1, 0.15) is 5.02 Å². The first-order chi connectivity index (χ1) is 8.71. The van der Waals surface area contributed by atoms with Gasteiger partial charge in [0.05, 0.1) is 13.2 Å². The predicted octanol–water partition coefficient (Wildman–Crippen LogP) is 3.82. The molecule has 1 atom stereocenters. The summed E-state index contributed by atoms with van der Waals surface area (Å²) in [6.45, 7) is 4.97. The van der Waals surface area contributed by atoms with Crippen molar-refractivity contribution in [3.05, 3.63) is 22.8 Å². The van der Waals surface area contributed by atoms with Crippen molar-refractivity contribution in [1.82, 2.24) is 4.98 Å². The number of hydrogen-bond donors (Lipinski definition) is 1. The Bertz CT molecular complexity index is 358. The zero-order valence-electron chi connectivity index (χ0n) is 11.2. The Labute approximate surface area is 114 Å².